The summed E-state index contributed by atoms with van der Waals surface area (Å²) in [5.41, 5.74) is 5.89. The molecule has 1 aliphatic heterocycles. The summed E-state index contributed by atoms with van der Waals surface area (Å²) in [7, 11) is 0. The van der Waals surface area contributed by atoms with Crippen molar-refractivity contribution in [2.75, 3.05) is 6.61 Å². The Morgan fingerprint density at radius 2 is 2.10 bits per heavy atom. The van der Waals surface area contributed by atoms with Gasteiger partial charge in [-0.25, -0.2) is 10.1 Å². The van der Waals surface area contributed by atoms with E-state index in [1.165, 1.54) is 0 Å². The van der Waals surface area contributed by atoms with Gasteiger partial charge in [-0.1, -0.05) is 18.2 Å². The number of nitrogens with zero attached hydrogens (tertiary/aromatic N) is 2. The highest BCUT2D eigenvalue weighted by Crippen LogP contribution is 2.26. The number of hydrazine groups is 1. The van der Waals surface area contributed by atoms with Crippen molar-refractivity contribution in [2.45, 2.75) is 18.9 Å². The molecule has 2 heterocycles. The number of nitrogens with one attached hydrogen (secondary N) is 1. The molecule has 3 N–H and O–H groups in total. The Bertz CT molecular complexity index is 591. The summed E-state index contributed by atoms with van der Waals surface area (Å²) in [6.45, 7) is 0.777. The van der Waals surface area contributed by atoms with Crippen LogP contribution >= 0.6 is 0 Å². The van der Waals surface area contributed by atoms with Crippen LogP contribution < -0.4 is 11.3 Å². The molecule has 3 rings (SSSR count). The first-order chi connectivity index (χ1) is 9.88. The third-order valence-electron chi connectivity index (χ3n) is 3.43. The Morgan fingerprint density at radius 1 is 1.25 bits per heavy atom. The second-order valence-electron chi connectivity index (χ2n) is 4.79. The highest BCUT2D eigenvalue weighted by atomic mass is 16.5. The fraction of sp³-hybridized carbons (Fsp3) is 0.267. The van der Waals surface area contributed by atoms with E-state index in [0.29, 0.717) is 0 Å². The number of nitrogens with two attached hydrogens (primary N) is 1. The largest absolute Gasteiger partial charge is 0.501 e. The molecule has 0 saturated heterocycles. The molecule has 1 unspecified atom stereocenters. The molecule has 0 spiro atoms. The van der Waals surface area contributed by atoms with Crippen LogP contribution in [0, 0.1) is 0 Å². The van der Waals surface area contributed by atoms with Crippen LogP contribution in [0.3, 0.4) is 0 Å². The Hall–Kier alpha value is -2.11. The summed E-state index contributed by atoms with van der Waals surface area (Å²) in [5, 5.41) is 4.60. The van der Waals surface area contributed by atoms with Gasteiger partial charge in [-0.2, -0.15) is 5.10 Å². The summed E-state index contributed by atoms with van der Waals surface area (Å²) < 4.78 is 7.24. The van der Waals surface area contributed by atoms with Gasteiger partial charge in [0.05, 0.1) is 30.3 Å². The first-order valence-electron chi connectivity index (χ1n) is 6.76. The minimum Gasteiger partial charge on any atom is -0.501 e. The van der Waals surface area contributed by atoms with Gasteiger partial charge < -0.3 is 4.74 Å². The van der Waals surface area contributed by atoms with E-state index < -0.39 is 0 Å². The highest BCUT2D eigenvalue weighted by Gasteiger charge is 2.20. The lowest BCUT2D eigenvalue weighted by molar-refractivity contribution is 0.219. The van der Waals surface area contributed by atoms with Gasteiger partial charge in [0.1, 0.15) is 0 Å². The molecule has 1 atom stereocenters. The van der Waals surface area contributed by atoms with Crippen LogP contribution in [-0.4, -0.2) is 16.4 Å². The summed E-state index contributed by atoms with van der Waals surface area (Å²) in [6.07, 6.45) is 5.74. The summed E-state index contributed by atoms with van der Waals surface area (Å²) in [5.74, 6) is 5.69. The second-order valence-corrected chi connectivity index (χ2v) is 4.79. The van der Waals surface area contributed by atoms with E-state index in [1.54, 1.807) is 6.26 Å². The predicted molar refractivity (Wildman–Crippen MR) is 76.9 cm³/mol. The summed E-state index contributed by atoms with van der Waals surface area (Å²) in [6, 6.07) is 11.9. The van der Waals surface area contributed by atoms with Gasteiger partial charge in [-0.05, 0) is 36.6 Å². The molecule has 0 radical (unpaired) electrons. The lowest BCUT2D eigenvalue weighted by Gasteiger charge is -2.21. The first kappa shape index (κ1) is 12.9. The quantitative estimate of drug-likeness (QED) is 0.659. The summed E-state index contributed by atoms with van der Waals surface area (Å²) >= 11 is 0. The zero-order valence-corrected chi connectivity index (χ0v) is 11.2. The maximum absolute atomic E-state index is 5.69. The number of para-hydroxylation sites is 1. The number of hydrogen-bond donors (Lipinski definition) is 2. The lowest BCUT2D eigenvalue weighted by Crippen LogP contribution is -2.30. The zero-order valence-electron chi connectivity index (χ0n) is 11.2. The monoisotopic (exact) mass is 270 g/mol. The maximum Gasteiger partial charge on any atom is 0.0892 e. The molecule has 0 amide bonds. The molecule has 0 fully saturated rings. The maximum atomic E-state index is 5.69. The number of ether oxygens (including phenoxy) is 1. The molecule has 5 nitrogen and oxygen atoms in total. The van der Waals surface area contributed by atoms with Crippen molar-refractivity contribution in [3.05, 3.63) is 60.1 Å². The Balaban J connectivity index is 1.86. The molecule has 1 aromatic heterocycles. The standard InChI is InChI=1S/C15H18N4O/c16-17-15(12-5-4-10-20-11-12)14-8-9-19(18-14)13-6-2-1-3-7-13/h1-3,6-9,11,15,17H,4-5,10,16H2. The second kappa shape index (κ2) is 5.90. The van der Waals surface area contributed by atoms with Gasteiger partial charge in [0.2, 0.25) is 0 Å². The highest BCUT2D eigenvalue weighted by molar-refractivity contribution is 5.31. The van der Waals surface area contributed by atoms with Gasteiger partial charge >= 0.3 is 0 Å². The van der Waals surface area contributed by atoms with Crippen molar-refractivity contribution in [2.24, 2.45) is 5.84 Å². The minimum atomic E-state index is -0.0970. The third-order valence-corrected chi connectivity index (χ3v) is 3.43. The van der Waals surface area contributed by atoms with Crippen LogP contribution in [0.1, 0.15) is 24.6 Å². The number of benzene rings is 1. The lowest BCUT2D eigenvalue weighted by atomic mass is 10.0. The minimum absolute atomic E-state index is 0.0970. The van der Waals surface area contributed by atoms with E-state index in [4.69, 9.17) is 10.6 Å². The topological polar surface area (TPSA) is 65.1 Å². The molecule has 0 saturated carbocycles. The molecular weight excluding hydrogens is 252 g/mol. The van der Waals surface area contributed by atoms with E-state index in [9.17, 15) is 0 Å². The van der Waals surface area contributed by atoms with Crippen molar-refractivity contribution in [1.82, 2.24) is 15.2 Å². The van der Waals surface area contributed by atoms with E-state index in [0.717, 1.165) is 36.4 Å². The molecule has 1 aliphatic rings. The molecule has 1 aromatic carbocycles. The molecule has 0 aliphatic carbocycles. The Labute approximate surface area is 118 Å². The van der Waals surface area contributed by atoms with Crippen LogP contribution in [0.4, 0.5) is 0 Å². The molecule has 0 bridgehead atoms. The average molecular weight is 270 g/mol. The Morgan fingerprint density at radius 3 is 2.80 bits per heavy atom. The normalized spacial score (nSPS) is 16.4. The van der Waals surface area contributed by atoms with Crippen molar-refractivity contribution < 1.29 is 4.74 Å². The van der Waals surface area contributed by atoms with Crippen molar-refractivity contribution in [3.8, 4) is 5.69 Å². The van der Waals surface area contributed by atoms with Crippen LogP contribution in [0.25, 0.3) is 5.69 Å². The zero-order chi connectivity index (χ0) is 13.8. The van der Waals surface area contributed by atoms with E-state index >= 15 is 0 Å². The van der Waals surface area contributed by atoms with Crippen LogP contribution in [0.5, 0.6) is 0 Å². The van der Waals surface area contributed by atoms with Crippen molar-refractivity contribution in [3.63, 3.8) is 0 Å². The number of hydrogen-bond acceptors (Lipinski definition) is 4. The van der Waals surface area contributed by atoms with Crippen LogP contribution in [0.2, 0.25) is 0 Å². The third kappa shape index (κ3) is 2.59. The molecular formula is C15H18N4O. The smallest absolute Gasteiger partial charge is 0.0892 e. The van der Waals surface area contributed by atoms with Gasteiger partial charge in [-0.15, -0.1) is 0 Å². The molecule has 2 aromatic rings. The average Bonchev–Trinajstić information content (AvgIpc) is 3.00. The van der Waals surface area contributed by atoms with Crippen molar-refractivity contribution >= 4 is 0 Å². The SMILES string of the molecule is NNC(C1=COCCC1)c1ccn(-c2ccccc2)n1. The Kier molecular flexibility index (Phi) is 3.80. The van der Waals surface area contributed by atoms with Crippen LogP contribution in [0.15, 0.2) is 54.4 Å². The predicted octanol–water partition coefficient (Wildman–Crippen LogP) is 2.07. The number of aromatic nitrogens is 2. The molecule has 20 heavy (non-hydrogen) atoms. The van der Waals surface area contributed by atoms with E-state index in [1.807, 2.05) is 47.3 Å². The van der Waals surface area contributed by atoms with Crippen molar-refractivity contribution in [1.29, 1.82) is 0 Å². The van der Waals surface area contributed by atoms with Gasteiger partial charge in [0.15, 0.2) is 0 Å². The van der Waals surface area contributed by atoms with Gasteiger partial charge in [0, 0.05) is 6.20 Å². The fourth-order valence-corrected chi connectivity index (χ4v) is 2.40. The van der Waals surface area contributed by atoms with Crippen LogP contribution in [-0.2, 0) is 4.74 Å². The summed E-state index contributed by atoms with van der Waals surface area (Å²) in [4.78, 5) is 0. The number of rotatable bonds is 4. The fourth-order valence-electron chi connectivity index (χ4n) is 2.40. The molecule has 5 heteroatoms. The van der Waals surface area contributed by atoms with Gasteiger partial charge in [-0.3, -0.25) is 5.84 Å². The first-order valence-corrected chi connectivity index (χ1v) is 6.76. The van der Waals surface area contributed by atoms with Gasteiger partial charge in [0.25, 0.3) is 0 Å². The van der Waals surface area contributed by atoms with E-state index in [2.05, 4.69) is 10.5 Å². The molecule has 104 valence electrons. The van der Waals surface area contributed by atoms with E-state index in [-0.39, 0.29) is 6.04 Å².